The highest BCUT2D eigenvalue weighted by Gasteiger charge is 2.26. The molecule has 1 fully saturated rings. The topological polar surface area (TPSA) is 44.4 Å². The first-order chi connectivity index (χ1) is 11.0. The van der Waals surface area contributed by atoms with Crippen LogP contribution < -0.4 is 10.6 Å². The third kappa shape index (κ3) is 5.35. The van der Waals surface area contributed by atoms with Gasteiger partial charge in [0.15, 0.2) is 0 Å². The van der Waals surface area contributed by atoms with Crippen LogP contribution >= 0.6 is 23.2 Å². The molecule has 0 aromatic heterocycles. The molecule has 1 aliphatic heterocycles. The fraction of sp³-hybridized carbons (Fsp3) is 0.588. The summed E-state index contributed by atoms with van der Waals surface area (Å²) >= 11 is 11.9. The van der Waals surface area contributed by atoms with E-state index in [1.54, 1.807) is 18.2 Å². The summed E-state index contributed by atoms with van der Waals surface area (Å²) in [6, 6.07) is 4.99. The zero-order chi connectivity index (χ0) is 16.8. The van der Waals surface area contributed by atoms with Gasteiger partial charge in [-0.3, -0.25) is 9.69 Å². The smallest absolute Gasteiger partial charge is 0.241 e. The number of amides is 1. The normalized spacial score (nSPS) is 17.9. The van der Waals surface area contributed by atoms with Crippen LogP contribution in [0.15, 0.2) is 18.2 Å². The molecular weight excluding hydrogens is 333 g/mol. The van der Waals surface area contributed by atoms with Crippen molar-refractivity contribution in [3.63, 3.8) is 0 Å². The number of carbonyl (C=O) groups excluding carboxylic acids is 1. The molecule has 1 heterocycles. The summed E-state index contributed by atoms with van der Waals surface area (Å²) < 4.78 is 0. The minimum Gasteiger partial charge on any atom is -0.325 e. The molecule has 6 heteroatoms. The van der Waals surface area contributed by atoms with Crippen LogP contribution in [-0.2, 0) is 4.79 Å². The number of nitrogens with zero attached hydrogens (tertiary/aromatic N) is 1. The number of halogens is 2. The van der Waals surface area contributed by atoms with Gasteiger partial charge >= 0.3 is 0 Å². The molecule has 0 saturated carbocycles. The van der Waals surface area contributed by atoms with Crippen LogP contribution in [0, 0.1) is 5.92 Å². The van der Waals surface area contributed by atoms with E-state index >= 15 is 0 Å². The summed E-state index contributed by atoms with van der Waals surface area (Å²) in [5, 5.41) is 7.06. The van der Waals surface area contributed by atoms with Gasteiger partial charge < -0.3 is 10.6 Å². The second kappa shape index (κ2) is 8.88. The zero-order valence-corrected chi connectivity index (χ0v) is 15.3. The Kier molecular flexibility index (Phi) is 7.15. The SMILES string of the molecule is CNCCC1CCN(C(C)C(=O)Nc2ccc(Cl)c(Cl)c2)CC1. The van der Waals surface area contributed by atoms with Crippen molar-refractivity contribution in [1.29, 1.82) is 0 Å². The van der Waals surface area contributed by atoms with E-state index in [4.69, 9.17) is 23.2 Å². The van der Waals surface area contributed by atoms with Gasteiger partial charge in [-0.05, 0) is 77.0 Å². The van der Waals surface area contributed by atoms with E-state index < -0.39 is 0 Å². The van der Waals surface area contributed by atoms with E-state index in [0.29, 0.717) is 15.7 Å². The Morgan fingerprint density at radius 3 is 2.61 bits per heavy atom. The third-order valence-electron chi connectivity index (χ3n) is 4.57. The van der Waals surface area contributed by atoms with Gasteiger partial charge in [0.25, 0.3) is 0 Å². The molecule has 2 rings (SSSR count). The first-order valence-electron chi connectivity index (χ1n) is 8.16. The van der Waals surface area contributed by atoms with Crippen LogP contribution in [0.2, 0.25) is 10.0 Å². The van der Waals surface area contributed by atoms with Crippen molar-refractivity contribution < 1.29 is 4.79 Å². The largest absolute Gasteiger partial charge is 0.325 e. The molecule has 23 heavy (non-hydrogen) atoms. The predicted octanol–water partition coefficient (Wildman–Crippen LogP) is 3.64. The molecule has 1 aliphatic rings. The van der Waals surface area contributed by atoms with Gasteiger partial charge in [0, 0.05) is 5.69 Å². The number of hydrogen-bond acceptors (Lipinski definition) is 3. The van der Waals surface area contributed by atoms with Crippen molar-refractivity contribution in [3.8, 4) is 0 Å². The van der Waals surface area contributed by atoms with Crippen molar-refractivity contribution in [2.75, 3.05) is 32.0 Å². The van der Waals surface area contributed by atoms with Crippen LogP contribution in [0.3, 0.4) is 0 Å². The lowest BCUT2D eigenvalue weighted by Crippen LogP contribution is -2.46. The van der Waals surface area contributed by atoms with Gasteiger partial charge in [0.1, 0.15) is 0 Å². The number of rotatable bonds is 6. The molecule has 2 N–H and O–H groups in total. The summed E-state index contributed by atoms with van der Waals surface area (Å²) in [6.07, 6.45) is 3.53. The van der Waals surface area contributed by atoms with Crippen LogP contribution in [-0.4, -0.2) is 43.5 Å². The Hall–Kier alpha value is -0.810. The van der Waals surface area contributed by atoms with Crippen molar-refractivity contribution >= 4 is 34.8 Å². The van der Waals surface area contributed by atoms with E-state index in [1.165, 1.54) is 6.42 Å². The predicted molar refractivity (Wildman–Crippen MR) is 97.4 cm³/mol. The molecule has 0 aliphatic carbocycles. The van der Waals surface area contributed by atoms with Crippen LogP contribution in [0.4, 0.5) is 5.69 Å². The molecular formula is C17H25Cl2N3O. The Morgan fingerprint density at radius 2 is 2.00 bits per heavy atom. The van der Waals surface area contributed by atoms with Crippen LogP contribution in [0.25, 0.3) is 0 Å². The molecule has 1 aromatic rings. The number of nitrogens with one attached hydrogen (secondary N) is 2. The fourth-order valence-electron chi connectivity index (χ4n) is 2.96. The number of anilines is 1. The Bertz CT molecular complexity index is 531. The molecule has 0 radical (unpaired) electrons. The van der Waals surface area contributed by atoms with Gasteiger partial charge in [0.05, 0.1) is 16.1 Å². The average Bonchev–Trinajstić information content (AvgIpc) is 2.56. The first-order valence-corrected chi connectivity index (χ1v) is 8.91. The second-order valence-electron chi connectivity index (χ2n) is 6.17. The van der Waals surface area contributed by atoms with Crippen LogP contribution in [0.1, 0.15) is 26.2 Å². The molecule has 128 valence electrons. The van der Waals surface area contributed by atoms with Crippen molar-refractivity contribution in [3.05, 3.63) is 28.2 Å². The van der Waals surface area contributed by atoms with E-state index in [1.807, 2.05) is 14.0 Å². The van der Waals surface area contributed by atoms with E-state index in [0.717, 1.165) is 38.4 Å². The van der Waals surface area contributed by atoms with Crippen molar-refractivity contribution in [2.24, 2.45) is 5.92 Å². The molecule has 1 saturated heterocycles. The number of hydrogen-bond donors (Lipinski definition) is 2. The summed E-state index contributed by atoms with van der Waals surface area (Å²) in [7, 11) is 1.99. The van der Waals surface area contributed by atoms with Gasteiger partial charge in [-0.25, -0.2) is 0 Å². The number of carbonyl (C=O) groups is 1. The monoisotopic (exact) mass is 357 g/mol. The van der Waals surface area contributed by atoms with Gasteiger partial charge in [-0.2, -0.15) is 0 Å². The maximum absolute atomic E-state index is 12.4. The Morgan fingerprint density at radius 1 is 1.30 bits per heavy atom. The number of piperidine rings is 1. The van der Waals surface area contributed by atoms with E-state index in [-0.39, 0.29) is 11.9 Å². The van der Waals surface area contributed by atoms with Crippen molar-refractivity contribution in [2.45, 2.75) is 32.2 Å². The van der Waals surface area contributed by atoms with E-state index in [9.17, 15) is 4.79 Å². The highest BCUT2D eigenvalue weighted by atomic mass is 35.5. The maximum atomic E-state index is 12.4. The lowest BCUT2D eigenvalue weighted by molar-refractivity contribution is -0.121. The quantitative estimate of drug-likeness (QED) is 0.816. The first kappa shape index (κ1) is 18.5. The van der Waals surface area contributed by atoms with E-state index in [2.05, 4.69) is 15.5 Å². The second-order valence-corrected chi connectivity index (χ2v) is 6.98. The van der Waals surface area contributed by atoms with Gasteiger partial charge in [-0.15, -0.1) is 0 Å². The van der Waals surface area contributed by atoms with Gasteiger partial charge in [-0.1, -0.05) is 23.2 Å². The molecule has 1 amide bonds. The lowest BCUT2D eigenvalue weighted by atomic mass is 9.93. The molecule has 0 bridgehead atoms. The standard InChI is InChI=1S/C17H25Cl2N3O/c1-12(22-9-6-13(7-10-22)5-8-20-2)17(23)21-14-3-4-15(18)16(19)11-14/h3-4,11-13,20H,5-10H2,1-2H3,(H,21,23). The molecule has 4 nitrogen and oxygen atoms in total. The summed E-state index contributed by atoms with van der Waals surface area (Å²) in [6.45, 7) is 4.98. The Labute approximate surface area is 148 Å². The maximum Gasteiger partial charge on any atom is 0.241 e. The number of likely N-dealkylation sites (tertiary alicyclic amines) is 1. The van der Waals surface area contributed by atoms with Gasteiger partial charge in [0.2, 0.25) is 5.91 Å². The summed E-state index contributed by atoms with van der Waals surface area (Å²) in [5.74, 6) is 0.765. The lowest BCUT2D eigenvalue weighted by Gasteiger charge is -2.35. The minimum atomic E-state index is -0.144. The summed E-state index contributed by atoms with van der Waals surface area (Å²) in [5.41, 5.74) is 0.681. The summed E-state index contributed by atoms with van der Waals surface area (Å²) in [4.78, 5) is 14.7. The molecule has 1 atom stereocenters. The highest BCUT2D eigenvalue weighted by molar-refractivity contribution is 6.42. The van der Waals surface area contributed by atoms with Crippen molar-refractivity contribution in [1.82, 2.24) is 10.2 Å². The third-order valence-corrected chi connectivity index (χ3v) is 5.31. The average molecular weight is 358 g/mol. The molecule has 0 spiro atoms. The minimum absolute atomic E-state index is 0.00272. The van der Waals surface area contributed by atoms with Crippen LogP contribution in [0.5, 0.6) is 0 Å². The molecule has 1 unspecified atom stereocenters. The number of benzene rings is 1. The highest BCUT2D eigenvalue weighted by Crippen LogP contribution is 2.26. The fourth-order valence-corrected chi connectivity index (χ4v) is 3.26. The molecule has 1 aromatic carbocycles. The Balaban J connectivity index is 1.84. The zero-order valence-electron chi connectivity index (χ0n) is 13.7.